The minimum Gasteiger partial charge on any atom is -0.317 e. The van der Waals surface area contributed by atoms with Crippen molar-refractivity contribution in [3.05, 3.63) is 28.5 Å². The summed E-state index contributed by atoms with van der Waals surface area (Å²) in [6, 6.07) is 3.33. The van der Waals surface area contributed by atoms with Crippen LogP contribution < -0.4 is 5.48 Å². The van der Waals surface area contributed by atoms with Crippen molar-refractivity contribution >= 4 is 23.2 Å². The fourth-order valence-electron chi connectivity index (χ4n) is 0.358. The lowest BCUT2D eigenvalue weighted by Crippen LogP contribution is -2.02. The predicted octanol–water partition coefficient (Wildman–Crippen LogP) is 2.37. The molecule has 0 bridgehead atoms. The highest BCUT2D eigenvalue weighted by Crippen LogP contribution is 2.08. The number of aromatic nitrogens is 1. The first-order valence-electron chi connectivity index (χ1n) is 3.34. The van der Waals surface area contributed by atoms with E-state index in [0.717, 1.165) is 0 Å². The van der Waals surface area contributed by atoms with E-state index < -0.39 is 0 Å². The minimum atomic E-state index is 0.467. The highest BCUT2D eigenvalue weighted by molar-refractivity contribution is 6.31. The minimum absolute atomic E-state index is 0.467. The third-order valence-electron chi connectivity index (χ3n) is 0.849. The van der Waals surface area contributed by atoms with E-state index in [0.29, 0.717) is 16.7 Å². The van der Waals surface area contributed by atoms with E-state index >= 15 is 0 Å². The number of halogens is 2. The molecule has 0 aliphatic heterocycles. The number of rotatable bonds is 1. The monoisotopic (exact) mass is 208 g/mol. The first-order valence-corrected chi connectivity index (χ1v) is 4.10. The summed E-state index contributed by atoms with van der Waals surface area (Å²) >= 11 is 10.9. The summed E-state index contributed by atoms with van der Waals surface area (Å²) in [7, 11) is 0. The quantitative estimate of drug-likeness (QED) is 0.551. The van der Waals surface area contributed by atoms with Gasteiger partial charge in [-0.05, 0) is 12.1 Å². The highest BCUT2D eigenvalue weighted by Gasteiger charge is 1.85. The summed E-state index contributed by atoms with van der Waals surface area (Å²) in [5.74, 6) is 0. The third-order valence-corrected chi connectivity index (χ3v) is 1.30. The van der Waals surface area contributed by atoms with Crippen molar-refractivity contribution in [2.45, 2.75) is 6.92 Å². The molecular formula is C7H10Cl2N2O. The van der Waals surface area contributed by atoms with Crippen LogP contribution in [0.4, 0.5) is 0 Å². The summed E-state index contributed by atoms with van der Waals surface area (Å²) in [4.78, 5) is 3.71. The van der Waals surface area contributed by atoms with Gasteiger partial charge in [0, 0.05) is 12.7 Å². The Labute approximate surface area is 81.3 Å². The van der Waals surface area contributed by atoms with Crippen LogP contribution in [-0.4, -0.2) is 16.7 Å². The lowest BCUT2D eigenvalue weighted by molar-refractivity contribution is 0.173. The van der Waals surface area contributed by atoms with Gasteiger partial charge in [-0.25, -0.2) is 10.5 Å². The normalized spacial score (nSPS) is 8.67. The summed E-state index contributed by atoms with van der Waals surface area (Å²) in [5.41, 5.74) is 1.93. The number of hydroxylamine groups is 1. The van der Waals surface area contributed by atoms with Crippen LogP contribution in [0.25, 0.3) is 0 Å². The van der Waals surface area contributed by atoms with Crippen molar-refractivity contribution in [2.75, 3.05) is 6.54 Å². The van der Waals surface area contributed by atoms with Crippen LogP contribution in [-0.2, 0) is 0 Å². The number of hydrogen-bond acceptors (Lipinski definition) is 3. The lowest BCUT2D eigenvalue weighted by atomic mass is 10.5. The molecule has 0 saturated carbocycles. The van der Waals surface area contributed by atoms with E-state index in [1.165, 1.54) is 6.20 Å². The molecule has 0 spiro atoms. The van der Waals surface area contributed by atoms with Gasteiger partial charge in [-0.15, -0.1) is 0 Å². The number of nitrogens with one attached hydrogen (secondary N) is 1. The Morgan fingerprint density at radius 2 is 2.08 bits per heavy atom. The van der Waals surface area contributed by atoms with Gasteiger partial charge in [0.05, 0.1) is 5.02 Å². The maximum Gasteiger partial charge on any atom is 0.129 e. The molecule has 1 heterocycles. The van der Waals surface area contributed by atoms with E-state index in [-0.39, 0.29) is 0 Å². The van der Waals surface area contributed by atoms with Gasteiger partial charge < -0.3 is 5.21 Å². The molecule has 0 atom stereocenters. The smallest absolute Gasteiger partial charge is 0.129 e. The van der Waals surface area contributed by atoms with E-state index in [1.807, 2.05) is 12.4 Å². The maximum absolute atomic E-state index is 7.62. The molecule has 5 heteroatoms. The van der Waals surface area contributed by atoms with Gasteiger partial charge >= 0.3 is 0 Å². The summed E-state index contributed by atoms with van der Waals surface area (Å²) in [6.45, 7) is 2.44. The van der Waals surface area contributed by atoms with Gasteiger partial charge in [-0.3, -0.25) is 0 Å². The molecule has 1 aromatic heterocycles. The van der Waals surface area contributed by atoms with Gasteiger partial charge in [-0.2, -0.15) is 0 Å². The molecule has 12 heavy (non-hydrogen) atoms. The number of nitrogens with zero attached hydrogens (tertiary/aromatic N) is 1. The average Bonchev–Trinajstić information content (AvgIpc) is 2.11. The van der Waals surface area contributed by atoms with Crippen LogP contribution >= 0.6 is 23.2 Å². The highest BCUT2D eigenvalue weighted by atomic mass is 35.5. The molecule has 0 amide bonds. The predicted molar refractivity (Wildman–Crippen MR) is 49.7 cm³/mol. The fraction of sp³-hybridized carbons (Fsp3) is 0.286. The van der Waals surface area contributed by atoms with Crippen molar-refractivity contribution in [2.24, 2.45) is 0 Å². The fourth-order valence-corrected chi connectivity index (χ4v) is 0.581. The standard InChI is InChI=1S/C5H3Cl2N.C2H7NO/c6-4-1-2-5(7)8-3-4;1-2-3-4/h1-3H;3-4H,2H2,1H3. The molecule has 0 radical (unpaired) electrons. The summed E-state index contributed by atoms with van der Waals surface area (Å²) < 4.78 is 0. The molecule has 68 valence electrons. The Hall–Kier alpha value is -0.350. The van der Waals surface area contributed by atoms with Gasteiger partial charge in [0.1, 0.15) is 5.15 Å². The molecule has 1 rings (SSSR count). The van der Waals surface area contributed by atoms with Crippen LogP contribution in [0.15, 0.2) is 18.3 Å². The lowest BCUT2D eigenvalue weighted by Gasteiger charge is -1.85. The zero-order chi connectivity index (χ0) is 9.40. The number of hydrogen-bond donors (Lipinski definition) is 2. The van der Waals surface area contributed by atoms with Crippen LogP contribution in [0, 0.1) is 0 Å². The molecule has 0 unspecified atom stereocenters. The maximum atomic E-state index is 7.62. The van der Waals surface area contributed by atoms with Crippen LogP contribution in [0.3, 0.4) is 0 Å². The summed E-state index contributed by atoms with van der Waals surface area (Å²) in [6.07, 6.45) is 1.50. The molecular weight excluding hydrogens is 199 g/mol. The first-order chi connectivity index (χ1) is 5.70. The Morgan fingerprint density at radius 1 is 1.50 bits per heavy atom. The SMILES string of the molecule is CCNO.Clc1ccc(Cl)nc1. The van der Waals surface area contributed by atoms with E-state index in [2.05, 4.69) is 4.98 Å². The largest absolute Gasteiger partial charge is 0.317 e. The Morgan fingerprint density at radius 3 is 2.33 bits per heavy atom. The Kier molecular flexibility index (Phi) is 7.09. The Bertz CT molecular complexity index is 180. The molecule has 0 saturated heterocycles. The third kappa shape index (κ3) is 6.37. The second kappa shape index (κ2) is 7.31. The molecule has 0 aliphatic rings. The van der Waals surface area contributed by atoms with E-state index in [1.54, 1.807) is 12.1 Å². The van der Waals surface area contributed by atoms with Crippen molar-refractivity contribution in [3.8, 4) is 0 Å². The molecule has 2 N–H and O–H groups in total. The topological polar surface area (TPSA) is 45.1 Å². The van der Waals surface area contributed by atoms with E-state index in [9.17, 15) is 0 Å². The number of pyridine rings is 1. The van der Waals surface area contributed by atoms with E-state index in [4.69, 9.17) is 28.4 Å². The van der Waals surface area contributed by atoms with Gasteiger partial charge in [0.15, 0.2) is 0 Å². The molecule has 1 aromatic rings. The van der Waals surface area contributed by atoms with Gasteiger partial charge in [-0.1, -0.05) is 30.1 Å². The molecule has 0 aliphatic carbocycles. The first kappa shape index (κ1) is 11.6. The van der Waals surface area contributed by atoms with Gasteiger partial charge in [0.2, 0.25) is 0 Å². The molecule has 3 nitrogen and oxygen atoms in total. The zero-order valence-corrected chi connectivity index (χ0v) is 8.10. The van der Waals surface area contributed by atoms with Crippen molar-refractivity contribution in [1.29, 1.82) is 0 Å². The van der Waals surface area contributed by atoms with Crippen LogP contribution in [0.2, 0.25) is 10.2 Å². The second-order valence-corrected chi connectivity index (χ2v) is 2.63. The summed E-state index contributed by atoms with van der Waals surface area (Å²) in [5, 5.41) is 8.70. The average molecular weight is 209 g/mol. The Balaban J connectivity index is 0.000000261. The second-order valence-electron chi connectivity index (χ2n) is 1.81. The zero-order valence-electron chi connectivity index (χ0n) is 6.59. The van der Waals surface area contributed by atoms with Crippen molar-refractivity contribution < 1.29 is 5.21 Å². The van der Waals surface area contributed by atoms with Crippen molar-refractivity contribution in [1.82, 2.24) is 10.5 Å². The van der Waals surface area contributed by atoms with Crippen LogP contribution in [0.1, 0.15) is 6.92 Å². The van der Waals surface area contributed by atoms with Gasteiger partial charge in [0.25, 0.3) is 0 Å². The van der Waals surface area contributed by atoms with Crippen LogP contribution in [0.5, 0.6) is 0 Å². The molecule has 0 fully saturated rings. The molecule has 0 aromatic carbocycles. The van der Waals surface area contributed by atoms with Crippen molar-refractivity contribution in [3.63, 3.8) is 0 Å².